The summed E-state index contributed by atoms with van der Waals surface area (Å²) in [4.78, 5) is 35.0. The number of amides is 3. The second-order valence-electron chi connectivity index (χ2n) is 6.36. The SMILES string of the molecule is CC(=O)Nc1cc(NC(C)=O)cc(C(=O)NCCCCc2ccccc2)c1. The molecule has 142 valence electrons. The maximum Gasteiger partial charge on any atom is 0.251 e. The monoisotopic (exact) mass is 367 g/mol. The van der Waals surface area contributed by atoms with Gasteiger partial charge < -0.3 is 16.0 Å². The number of hydrogen-bond donors (Lipinski definition) is 3. The number of carbonyl (C=O) groups excluding carboxylic acids is 3. The molecule has 0 radical (unpaired) electrons. The minimum atomic E-state index is -0.248. The van der Waals surface area contributed by atoms with Crippen LogP contribution in [0.3, 0.4) is 0 Å². The number of nitrogens with one attached hydrogen (secondary N) is 3. The fourth-order valence-corrected chi connectivity index (χ4v) is 2.71. The standard InChI is InChI=1S/C21H25N3O3/c1-15(25)23-19-12-18(13-20(14-19)24-16(2)26)21(27)22-11-7-6-10-17-8-4-3-5-9-17/h3-5,8-9,12-14H,6-7,10-11H2,1-2H3,(H,22,27)(H,23,25)(H,24,26). The Bertz CT molecular complexity index is 769. The summed E-state index contributed by atoms with van der Waals surface area (Å²) < 4.78 is 0. The Kier molecular flexibility index (Phi) is 7.55. The van der Waals surface area contributed by atoms with Gasteiger partial charge in [0.05, 0.1) is 0 Å². The van der Waals surface area contributed by atoms with Gasteiger partial charge in [0.2, 0.25) is 11.8 Å². The molecule has 2 aromatic carbocycles. The molecule has 0 saturated heterocycles. The topological polar surface area (TPSA) is 87.3 Å². The van der Waals surface area contributed by atoms with Crippen LogP contribution in [0.4, 0.5) is 11.4 Å². The molecule has 0 heterocycles. The molecule has 0 saturated carbocycles. The highest BCUT2D eigenvalue weighted by molar-refractivity contribution is 5.99. The number of hydrogen-bond acceptors (Lipinski definition) is 3. The van der Waals surface area contributed by atoms with Crippen LogP contribution >= 0.6 is 0 Å². The van der Waals surface area contributed by atoms with Crippen molar-refractivity contribution in [2.75, 3.05) is 17.2 Å². The average Bonchev–Trinajstić information content (AvgIpc) is 2.60. The van der Waals surface area contributed by atoms with Crippen molar-refractivity contribution in [3.8, 4) is 0 Å². The highest BCUT2D eigenvalue weighted by Crippen LogP contribution is 2.19. The molecular formula is C21H25N3O3. The number of unbranched alkanes of at least 4 members (excludes halogenated alkanes) is 1. The number of carbonyl (C=O) groups is 3. The van der Waals surface area contributed by atoms with Crippen molar-refractivity contribution in [3.63, 3.8) is 0 Å². The lowest BCUT2D eigenvalue weighted by Gasteiger charge is -2.11. The third kappa shape index (κ3) is 7.32. The van der Waals surface area contributed by atoms with Crippen LogP contribution in [0.1, 0.15) is 42.6 Å². The molecule has 0 bridgehead atoms. The van der Waals surface area contributed by atoms with Crippen LogP contribution in [0.5, 0.6) is 0 Å². The van der Waals surface area contributed by atoms with Gasteiger partial charge >= 0.3 is 0 Å². The summed E-state index contributed by atoms with van der Waals surface area (Å²) in [6, 6.07) is 15.0. The van der Waals surface area contributed by atoms with Crippen molar-refractivity contribution in [2.24, 2.45) is 0 Å². The second kappa shape index (κ2) is 10.1. The number of benzene rings is 2. The fourth-order valence-electron chi connectivity index (χ4n) is 2.71. The second-order valence-corrected chi connectivity index (χ2v) is 6.36. The Morgan fingerprint density at radius 2 is 1.41 bits per heavy atom. The third-order valence-electron chi connectivity index (χ3n) is 3.86. The molecule has 3 amide bonds. The first-order chi connectivity index (χ1) is 12.9. The Balaban J connectivity index is 1.91. The van der Waals surface area contributed by atoms with E-state index in [0.29, 0.717) is 23.5 Å². The van der Waals surface area contributed by atoms with Crippen molar-refractivity contribution in [1.29, 1.82) is 0 Å². The van der Waals surface area contributed by atoms with E-state index < -0.39 is 0 Å². The summed E-state index contributed by atoms with van der Waals surface area (Å²) in [5.41, 5.74) is 2.59. The third-order valence-corrected chi connectivity index (χ3v) is 3.86. The Labute approximate surface area is 159 Å². The predicted molar refractivity (Wildman–Crippen MR) is 107 cm³/mol. The van der Waals surface area contributed by atoms with Crippen LogP contribution in [0.25, 0.3) is 0 Å². The smallest absolute Gasteiger partial charge is 0.251 e. The van der Waals surface area contributed by atoms with Gasteiger partial charge in [-0.2, -0.15) is 0 Å². The molecule has 0 fully saturated rings. The molecule has 6 nitrogen and oxygen atoms in total. The van der Waals surface area contributed by atoms with Crippen LogP contribution in [0, 0.1) is 0 Å². The average molecular weight is 367 g/mol. The summed E-state index contributed by atoms with van der Waals surface area (Å²) >= 11 is 0. The van der Waals surface area contributed by atoms with E-state index in [-0.39, 0.29) is 17.7 Å². The molecule has 0 spiro atoms. The van der Waals surface area contributed by atoms with E-state index in [0.717, 1.165) is 19.3 Å². The number of aryl methyl sites for hydroxylation is 1. The van der Waals surface area contributed by atoms with Gasteiger partial charge in [0, 0.05) is 37.3 Å². The van der Waals surface area contributed by atoms with E-state index >= 15 is 0 Å². The van der Waals surface area contributed by atoms with E-state index in [1.54, 1.807) is 18.2 Å². The van der Waals surface area contributed by atoms with E-state index in [4.69, 9.17) is 0 Å². The maximum absolute atomic E-state index is 12.4. The minimum Gasteiger partial charge on any atom is -0.352 e. The van der Waals surface area contributed by atoms with E-state index in [9.17, 15) is 14.4 Å². The molecular weight excluding hydrogens is 342 g/mol. The fraction of sp³-hybridized carbons (Fsp3) is 0.286. The Morgan fingerprint density at radius 1 is 0.815 bits per heavy atom. The lowest BCUT2D eigenvalue weighted by Crippen LogP contribution is -2.25. The Morgan fingerprint density at radius 3 is 1.96 bits per heavy atom. The van der Waals surface area contributed by atoms with Crippen molar-refractivity contribution < 1.29 is 14.4 Å². The first-order valence-corrected chi connectivity index (χ1v) is 8.96. The van der Waals surface area contributed by atoms with E-state index in [2.05, 4.69) is 28.1 Å². The molecule has 2 rings (SSSR count). The highest BCUT2D eigenvalue weighted by atomic mass is 16.2. The van der Waals surface area contributed by atoms with Gasteiger partial charge in [-0.25, -0.2) is 0 Å². The lowest BCUT2D eigenvalue weighted by atomic mass is 10.1. The van der Waals surface area contributed by atoms with Gasteiger partial charge in [0.1, 0.15) is 0 Å². The number of anilines is 2. The summed E-state index contributed by atoms with van der Waals surface area (Å²) in [6.45, 7) is 3.33. The number of rotatable bonds is 8. The lowest BCUT2D eigenvalue weighted by molar-refractivity contribution is -0.115. The molecule has 0 unspecified atom stereocenters. The maximum atomic E-state index is 12.4. The molecule has 27 heavy (non-hydrogen) atoms. The molecule has 3 N–H and O–H groups in total. The van der Waals surface area contributed by atoms with Crippen molar-refractivity contribution >= 4 is 29.1 Å². The molecule has 6 heteroatoms. The molecule has 0 aromatic heterocycles. The van der Waals surface area contributed by atoms with Crippen molar-refractivity contribution in [2.45, 2.75) is 33.1 Å². The largest absolute Gasteiger partial charge is 0.352 e. The quantitative estimate of drug-likeness (QED) is 0.625. The van der Waals surface area contributed by atoms with E-state index in [1.165, 1.54) is 19.4 Å². The van der Waals surface area contributed by atoms with Gasteiger partial charge in [-0.15, -0.1) is 0 Å². The van der Waals surface area contributed by atoms with Gasteiger partial charge in [0.15, 0.2) is 0 Å². The molecule has 0 aliphatic carbocycles. The highest BCUT2D eigenvalue weighted by Gasteiger charge is 2.10. The van der Waals surface area contributed by atoms with Crippen LogP contribution in [-0.4, -0.2) is 24.3 Å². The summed E-state index contributed by atoms with van der Waals surface area (Å²) in [6.07, 6.45) is 2.82. The zero-order valence-electron chi connectivity index (χ0n) is 15.7. The van der Waals surface area contributed by atoms with Gasteiger partial charge in [-0.3, -0.25) is 14.4 Å². The molecule has 0 aliphatic heterocycles. The van der Waals surface area contributed by atoms with Crippen LogP contribution < -0.4 is 16.0 Å². The zero-order valence-corrected chi connectivity index (χ0v) is 15.7. The van der Waals surface area contributed by atoms with Gasteiger partial charge in [-0.1, -0.05) is 30.3 Å². The first-order valence-electron chi connectivity index (χ1n) is 8.96. The van der Waals surface area contributed by atoms with Crippen LogP contribution in [0.2, 0.25) is 0 Å². The molecule has 0 aliphatic rings. The van der Waals surface area contributed by atoms with Gasteiger partial charge in [-0.05, 0) is 43.0 Å². The summed E-state index contributed by atoms with van der Waals surface area (Å²) in [5.74, 6) is -0.738. The first kappa shape index (κ1) is 20.2. The van der Waals surface area contributed by atoms with Gasteiger partial charge in [0.25, 0.3) is 5.91 Å². The normalized spacial score (nSPS) is 10.1. The summed E-state index contributed by atoms with van der Waals surface area (Å²) in [7, 11) is 0. The van der Waals surface area contributed by atoms with Crippen molar-refractivity contribution in [3.05, 3.63) is 59.7 Å². The molecule has 0 atom stereocenters. The summed E-state index contributed by atoms with van der Waals surface area (Å²) in [5, 5.41) is 8.16. The van der Waals surface area contributed by atoms with Crippen molar-refractivity contribution in [1.82, 2.24) is 5.32 Å². The molecule has 2 aromatic rings. The van der Waals surface area contributed by atoms with Crippen LogP contribution in [-0.2, 0) is 16.0 Å². The Hall–Kier alpha value is -3.15. The van der Waals surface area contributed by atoms with Crippen LogP contribution in [0.15, 0.2) is 48.5 Å². The predicted octanol–water partition coefficient (Wildman–Crippen LogP) is 3.36. The minimum absolute atomic E-state index is 0.242. The van der Waals surface area contributed by atoms with E-state index in [1.807, 2.05) is 18.2 Å². The zero-order chi connectivity index (χ0) is 19.6.